The van der Waals surface area contributed by atoms with Crippen molar-refractivity contribution in [3.8, 4) is 0 Å². The molecule has 0 heterocycles. The van der Waals surface area contributed by atoms with Crippen molar-refractivity contribution in [1.82, 2.24) is 0 Å². The van der Waals surface area contributed by atoms with Gasteiger partial charge in [-0.05, 0) is 47.3 Å². The molecule has 0 aliphatic heterocycles. The minimum absolute atomic E-state index is 0.229. The minimum Gasteiger partial charge on any atom is -0.468 e. The maximum Gasteiger partial charge on any atom is 0.320 e. The van der Waals surface area contributed by atoms with E-state index in [1.54, 1.807) is 0 Å². The zero-order valence-electron chi connectivity index (χ0n) is 14.9. The summed E-state index contributed by atoms with van der Waals surface area (Å²) >= 11 is 0. The van der Waals surface area contributed by atoms with Gasteiger partial charge < -0.3 is 9.47 Å². The van der Waals surface area contributed by atoms with E-state index < -0.39 is 17.9 Å². The minimum atomic E-state index is -0.803. The Labute approximate surface area is 133 Å². The summed E-state index contributed by atoms with van der Waals surface area (Å²) in [7, 11) is 2.64. The van der Waals surface area contributed by atoms with Crippen LogP contribution in [0.25, 0.3) is 0 Å². The van der Waals surface area contributed by atoms with Crippen LogP contribution in [0.1, 0.15) is 47.5 Å². The van der Waals surface area contributed by atoms with Crippen LogP contribution >= 0.6 is 0 Å². The fourth-order valence-electron chi connectivity index (χ4n) is 5.37. The second kappa shape index (κ2) is 5.54. The van der Waals surface area contributed by atoms with E-state index in [4.69, 9.17) is 9.47 Å². The SMILES string of the molecule is COC(=O)C(C[C@@H](C)C1CC2[C@H](C)[C@]2(C)C1(C)C)C(=O)OC. The number of esters is 2. The van der Waals surface area contributed by atoms with Crippen LogP contribution in [0.5, 0.6) is 0 Å². The Morgan fingerprint density at radius 3 is 2.00 bits per heavy atom. The van der Waals surface area contributed by atoms with E-state index in [0.29, 0.717) is 17.8 Å². The Morgan fingerprint density at radius 2 is 1.64 bits per heavy atom. The Kier molecular flexibility index (Phi) is 4.35. The third-order valence-electron chi connectivity index (χ3n) is 7.30. The van der Waals surface area contributed by atoms with Gasteiger partial charge in [-0.3, -0.25) is 9.59 Å². The van der Waals surface area contributed by atoms with Crippen molar-refractivity contribution in [3.63, 3.8) is 0 Å². The molecule has 2 fully saturated rings. The lowest BCUT2D eigenvalue weighted by Crippen LogP contribution is -2.36. The first-order valence-corrected chi connectivity index (χ1v) is 8.28. The Bertz CT molecular complexity index is 454. The van der Waals surface area contributed by atoms with E-state index >= 15 is 0 Å². The molecule has 0 aromatic heterocycles. The molecule has 5 atom stereocenters. The molecular formula is C18H30O4. The van der Waals surface area contributed by atoms with Crippen LogP contribution in [0.15, 0.2) is 0 Å². The Morgan fingerprint density at radius 1 is 1.14 bits per heavy atom. The number of hydrogen-bond acceptors (Lipinski definition) is 4. The predicted molar refractivity (Wildman–Crippen MR) is 84.0 cm³/mol. The zero-order chi connectivity index (χ0) is 16.9. The third kappa shape index (κ3) is 2.26. The molecule has 0 N–H and O–H groups in total. The highest BCUT2D eigenvalue weighted by Crippen LogP contribution is 2.78. The number of hydrogen-bond donors (Lipinski definition) is 0. The second-order valence-corrected chi connectivity index (χ2v) is 8.05. The molecule has 2 unspecified atom stereocenters. The smallest absolute Gasteiger partial charge is 0.320 e. The number of ether oxygens (including phenoxy) is 2. The van der Waals surface area contributed by atoms with Crippen LogP contribution in [0, 0.1) is 40.4 Å². The summed E-state index contributed by atoms with van der Waals surface area (Å²) in [6.45, 7) is 11.6. The lowest BCUT2D eigenvalue weighted by atomic mass is 9.64. The fraction of sp³-hybridized carbons (Fsp3) is 0.889. The van der Waals surface area contributed by atoms with Crippen molar-refractivity contribution in [1.29, 1.82) is 0 Å². The van der Waals surface area contributed by atoms with Crippen molar-refractivity contribution in [2.75, 3.05) is 14.2 Å². The van der Waals surface area contributed by atoms with Gasteiger partial charge in [-0.2, -0.15) is 0 Å². The molecular weight excluding hydrogens is 280 g/mol. The molecule has 2 aliphatic rings. The van der Waals surface area contributed by atoms with Gasteiger partial charge in [-0.25, -0.2) is 0 Å². The number of fused-ring (bicyclic) bond motifs is 1. The predicted octanol–water partition coefficient (Wildman–Crippen LogP) is 3.29. The molecule has 2 rings (SSSR count). The van der Waals surface area contributed by atoms with Gasteiger partial charge in [0, 0.05) is 0 Å². The van der Waals surface area contributed by atoms with E-state index in [-0.39, 0.29) is 11.3 Å². The first-order valence-electron chi connectivity index (χ1n) is 8.28. The highest BCUT2D eigenvalue weighted by Gasteiger charge is 2.72. The van der Waals surface area contributed by atoms with Crippen molar-refractivity contribution >= 4 is 11.9 Å². The molecule has 2 saturated carbocycles. The van der Waals surface area contributed by atoms with Gasteiger partial charge in [0.15, 0.2) is 5.92 Å². The number of rotatable bonds is 5. The number of methoxy groups -OCH3 is 2. The quantitative estimate of drug-likeness (QED) is 0.577. The summed E-state index contributed by atoms with van der Waals surface area (Å²) in [4.78, 5) is 23.8. The van der Waals surface area contributed by atoms with Gasteiger partial charge in [-0.15, -0.1) is 0 Å². The van der Waals surface area contributed by atoms with Crippen molar-refractivity contribution in [2.24, 2.45) is 40.4 Å². The summed E-state index contributed by atoms with van der Waals surface area (Å²) in [6.07, 6.45) is 1.70. The molecule has 0 bridgehead atoms. The molecule has 0 aromatic carbocycles. The molecule has 2 aliphatic carbocycles. The van der Waals surface area contributed by atoms with Gasteiger partial charge >= 0.3 is 11.9 Å². The molecule has 126 valence electrons. The monoisotopic (exact) mass is 310 g/mol. The van der Waals surface area contributed by atoms with Crippen LogP contribution in [0.2, 0.25) is 0 Å². The van der Waals surface area contributed by atoms with E-state index in [9.17, 15) is 9.59 Å². The van der Waals surface area contributed by atoms with Crippen LogP contribution in [0.4, 0.5) is 0 Å². The first kappa shape index (κ1) is 17.3. The highest BCUT2D eigenvalue weighted by atomic mass is 16.5. The molecule has 0 saturated heterocycles. The maximum atomic E-state index is 11.9. The van der Waals surface area contributed by atoms with Crippen LogP contribution in [-0.4, -0.2) is 26.2 Å². The van der Waals surface area contributed by atoms with Crippen molar-refractivity contribution in [2.45, 2.75) is 47.5 Å². The normalized spacial score (nSPS) is 36.6. The summed E-state index contributed by atoms with van der Waals surface area (Å²) in [5.41, 5.74) is 0.630. The number of carbonyl (C=O) groups is 2. The van der Waals surface area contributed by atoms with Crippen LogP contribution in [-0.2, 0) is 19.1 Å². The maximum absolute atomic E-state index is 11.9. The van der Waals surface area contributed by atoms with Crippen molar-refractivity contribution in [3.05, 3.63) is 0 Å². The molecule has 0 aromatic rings. The standard InChI is InChI=1S/C18H30O4/c1-10(8-12(15(19)21-6)16(20)22-7)13-9-14-11(2)18(14,5)17(13,3)4/h10-14H,8-9H2,1-7H3/t10-,11+,13?,14?,18+/m1/s1. The van der Waals surface area contributed by atoms with Gasteiger partial charge in [0.2, 0.25) is 0 Å². The zero-order valence-corrected chi connectivity index (χ0v) is 14.9. The van der Waals surface area contributed by atoms with Gasteiger partial charge in [-0.1, -0.05) is 34.6 Å². The van der Waals surface area contributed by atoms with Gasteiger partial charge in [0.1, 0.15) is 0 Å². The molecule has 0 radical (unpaired) electrons. The van der Waals surface area contributed by atoms with E-state index in [1.165, 1.54) is 20.6 Å². The Balaban J connectivity index is 2.10. The molecule has 4 nitrogen and oxygen atoms in total. The molecule has 22 heavy (non-hydrogen) atoms. The molecule has 0 spiro atoms. The lowest BCUT2D eigenvalue weighted by molar-refractivity contribution is -0.160. The highest BCUT2D eigenvalue weighted by molar-refractivity contribution is 5.94. The van der Waals surface area contributed by atoms with E-state index in [0.717, 1.165) is 11.8 Å². The second-order valence-electron chi connectivity index (χ2n) is 8.05. The fourth-order valence-corrected chi connectivity index (χ4v) is 5.37. The third-order valence-corrected chi connectivity index (χ3v) is 7.30. The van der Waals surface area contributed by atoms with Gasteiger partial charge in [0.05, 0.1) is 14.2 Å². The Hall–Kier alpha value is -1.06. The average Bonchev–Trinajstić information content (AvgIpc) is 2.93. The summed E-state index contributed by atoms with van der Waals surface area (Å²) in [6, 6.07) is 0. The van der Waals surface area contributed by atoms with E-state index in [2.05, 4.69) is 34.6 Å². The summed E-state index contributed by atoms with van der Waals surface area (Å²) in [5.74, 6) is 0.597. The topological polar surface area (TPSA) is 52.6 Å². The average molecular weight is 310 g/mol. The van der Waals surface area contributed by atoms with Crippen LogP contribution in [0.3, 0.4) is 0 Å². The van der Waals surface area contributed by atoms with Gasteiger partial charge in [0.25, 0.3) is 0 Å². The molecule has 0 amide bonds. The largest absolute Gasteiger partial charge is 0.468 e. The summed E-state index contributed by atoms with van der Waals surface area (Å²) < 4.78 is 9.56. The van der Waals surface area contributed by atoms with Crippen LogP contribution < -0.4 is 0 Å². The first-order chi connectivity index (χ1) is 10.1. The summed E-state index contributed by atoms with van der Waals surface area (Å²) in [5, 5.41) is 0. The lowest BCUT2D eigenvalue weighted by Gasteiger charge is -2.40. The molecule has 4 heteroatoms. The number of carbonyl (C=O) groups excluding carboxylic acids is 2. The van der Waals surface area contributed by atoms with Crippen molar-refractivity contribution < 1.29 is 19.1 Å². The van der Waals surface area contributed by atoms with E-state index in [1.807, 2.05) is 0 Å².